The maximum atomic E-state index is 8.94. The van der Waals surface area contributed by atoms with Crippen LogP contribution in [0.3, 0.4) is 0 Å². The fourth-order valence-electron chi connectivity index (χ4n) is 1.48. The second-order valence-corrected chi connectivity index (χ2v) is 3.57. The summed E-state index contributed by atoms with van der Waals surface area (Å²) in [5.41, 5.74) is 6.88. The SMILES string of the molecule is N#Cc1ccc(Oc2ccccc2C#N)cc1N. The minimum absolute atomic E-state index is 0.351. The number of nitrogens with zero attached hydrogens (tertiary/aromatic N) is 2. The topological polar surface area (TPSA) is 82.8 Å². The van der Waals surface area contributed by atoms with Gasteiger partial charge in [0.2, 0.25) is 0 Å². The first-order chi connectivity index (χ1) is 8.74. The van der Waals surface area contributed by atoms with Gasteiger partial charge in [0.15, 0.2) is 0 Å². The van der Waals surface area contributed by atoms with Gasteiger partial charge < -0.3 is 10.5 Å². The quantitative estimate of drug-likeness (QED) is 0.811. The zero-order valence-electron chi connectivity index (χ0n) is 9.42. The molecule has 2 aromatic carbocycles. The van der Waals surface area contributed by atoms with Crippen LogP contribution in [0.15, 0.2) is 42.5 Å². The lowest BCUT2D eigenvalue weighted by Gasteiger charge is -2.08. The summed E-state index contributed by atoms with van der Waals surface area (Å²) >= 11 is 0. The molecule has 0 spiro atoms. The van der Waals surface area contributed by atoms with Gasteiger partial charge in [-0.05, 0) is 24.3 Å². The lowest BCUT2D eigenvalue weighted by atomic mass is 10.2. The van der Waals surface area contributed by atoms with Gasteiger partial charge in [0.1, 0.15) is 23.6 Å². The second-order valence-electron chi connectivity index (χ2n) is 3.57. The van der Waals surface area contributed by atoms with Crippen LogP contribution in [0.1, 0.15) is 11.1 Å². The molecule has 2 aromatic rings. The Labute approximate surface area is 104 Å². The normalized spacial score (nSPS) is 9.22. The van der Waals surface area contributed by atoms with Crippen molar-refractivity contribution < 1.29 is 4.74 Å². The van der Waals surface area contributed by atoms with Crippen LogP contribution in [0.4, 0.5) is 5.69 Å². The van der Waals surface area contributed by atoms with E-state index in [-0.39, 0.29) is 0 Å². The molecule has 0 fully saturated rings. The third-order valence-corrected chi connectivity index (χ3v) is 2.38. The Morgan fingerprint density at radius 3 is 2.33 bits per heavy atom. The van der Waals surface area contributed by atoms with E-state index in [2.05, 4.69) is 0 Å². The molecule has 0 heterocycles. The van der Waals surface area contributed by atoms with Crippen molar-refractivity contribution >= 4 is 5.69 Å². The van der Waals surface area contributed by atoms with Crippen molar-refractivity contribution in [3.8, 4) is 23.6 Å². The fraction of sp³-hybridized carbons (Fsp3) is 0. The lowest BCUT2D eigenvalue weighted by molar-refractivity contribution is 0.481. The van der Waals surface area contributed by atoms with Gasteiger partial charge in [-0.3, -0.25) is 0 Å². The molecule has 2 rings (SSSR count). The fourth-order valence-corrected chi connectivity index (χ4v) is 1.48. The van der Waals surface area contributed by atoms with Crippen LogP contribution in [-0.4, -0.2) is 0 Å². The van der Waals surface area contributed by atoms with E-state index in [4.69, 9.17) is 21.0 Å². The number of nitriles is 2. The number of anilines is 1. The number of para-hydroxylation sites is 1. The third kappa shape index (κ3) is 2.23. The van der Waals surface area contributed by atoms with E-state index in [1.165, 1.54) is 0 Å². The van der Waals surface area contributed by atoms with Crippen molar-refractivity contribution in [3.05, 3.63) is 53.6 Å². The first kappa shape index (κ1) is 11.5. The molecule has 0 amide bonds. The lowest BCUT2D eigenvalue weighted by Crippen LogP contribution is -1.93. The van der Waals surface area contributed by atoms with Crippen LogP contribution in [0.5, 0.6) is 11.5 Å². The number of benzene rings is 2. The highest BCUT2D eigenvalue weighted by Gasteiger charge is 2.05. The summed E-state index contributed by atoms with van der Waals surface area (Å²) in [7, 11) is 0. The number of nitrogens with two attached hydrogens (primary N) is 1. The van der Waals surface area contributed by atoms with Gasteiger partial charge in [0, 0.05) is 6.07 Å². The Balaban J connectivity index is 2.33. The van der Waals surface area contributed by atoms with Gasteiger partial charge in [-0.15, -0.1) is 0 Å². The van der Waals surface area contributed by atoms with Crippen molar-refractivity contribution in [1.29, 1.82) is 10.5 Å². The Morgan fingerprint density at radius 1 is 0.944 bits per heavy atom. The van der Waals surface area contributed by atoms with Crippen molar-refractivity contribution in [1.82, 2.24) is 0 Å². The molecule has 0 aliphatic rings. The van der Waals surface area contributed by atoms with E-state index < -0.39 is 0 Å². The maximum absolute atomic E-state index is 8.94. The predicted octanol–water partition coefficient (Wildman–Crippen LogP) is 2.80. The van der Waals surface area contributed by atoms with Gasteiger partial charge >= 0.3 is 0 Å². The van der Waals surface area contributed by atoms with Gasteiger partial charge in [-0.1, -0.05) is 12.1 Å². The second kappa shape index (κ2) is 4.90. The summed E-state index contributed by atoms with van der Waals surface area (Å²) in [6.45, 7) is 0. The minimum atomic E-state index is 0.351. The van der Waals surface area contributed by atoms with Crippen LogP contribution in [-0.2, 0) is 0 Å². The maximum Gasteiger partial charge on any atom is 0.145 e. The summed E-state index contributed by atoms with van der Waals surface area (Å²) in [6.07, 6.45) is 0. The molecule has 4 heteroatoms. The Hall–Kier alpha value is -2.98. The Kier molecular flexibility index (Phi) is 3.13. The van der Waals surface area contributed by atoms with Crippen molar-refractivity contribution in [3.63, 3.8) is 0 Å². The predicted molar refractivity (Wildman–Crippen MR) is 66.8 cm³/mol. The largest absolute Gasteiger partial charge is 0.456 e. The summed E-state index contributed by atoms with van der Waals surface area (Å²) in [5, 5.41) is 17.7. The molecule has 0 unspecified atom stereocenters. The highest BCUT2D eigenvalue weighted by Crippen LogP contribution is 2.27. The van der Waals surface area contributed by atoms with Gasteiger partial charge in [0.05, 0.1) is 16.8 Å². The molecule has 0 saturated carbocycles. The molecule has 0 atom stereocenters. The van der Waals surface area contributed by atoms with Crippen molar-refractivity contribution in [2.24, 2.45) is 0 Å². The molecular formula is C14H9N3O. The van der Waals surface area contributed by atoms with Gasteiger partial charge in [-0.25, -0.2) is 0 Å². The molecule has 0 saturated heterocycles. The number of hydrogen-bond acceptors (Lipinski definition) is 4. The molecule has 18 heavy (non-hydrogen) atoms. The first-order valence-corrected chi connectivity index (χ1v) is 5.21. The molecule has 86 valence electrons. The van der Waals surface area contributed by atoms with E-state index in [9.17, 15) is 0 Å². The number of nitrogen functional groups attached to an aromatic ring is 1. The average molecular weight is 235 g/mol. The van der Waals surface area contributed by atoms with E-state index >= 15 is 0 Å². The zero-order chi connectivity index (χ0) is 13.0. The van der Waals surface area contributed by atoms with Crippen LogP contribution in [0, 0.1) is 22.7 Å². The first-order valence-electron chi connectivity index (χ1n) is 5.21. The molecular weight excluding hydrogens is 226 g/mol. The summed E-state index contributed by atoms with van der Waals surface area (Å²) in [6, 6.07) is 15.7. The molecule has 4 nitrogen and oxygen atoms in total. The van der Waals surface area contributed by atoms with Gasteiger partial charge in [0.25, 0.3) is 0 Å². The zero-order valence-corrected chi connectivity index (χ0v) is 9.42. The Bertz CT molecular complexity index is 665. The van der Waals surface area contributed by atoms with Gasteiger partial charge in [-0.2, -0.15) is 10.5 Å². The van der Waals surface area contributed by atoms with E-state index in [1.807, 2.05) is 12.1 Å². The van der Waals surface area contributed by atoms with E-state index in [0.717, 1.165) is 0 Å². The van der Waals surface area contributed by atoms with Crippen LogP contribution in [0.2, 0.25) is 0 Å². The minimum Gasteiger partial charge on any atom is -0.456 e. The van der Waals surface area contributed by atoms with E-state index in [0.29, 0.717) is 28.3 Å². The highest BCUT2D eigenvalue weighted by atomic mass is 16.5. The van der Waals surface area contributed by atoms with Crippen molar-refractivity contribution in [2.45, 2.75) is 0 Å². The molecule has 2 N–H and O–H groups in total. The molecule has 0 radical (unpaired) electrons. The third-order valence-electron chi connectivity index (χ3n) is 2.38. The molecule has 0 aromatic heterocycles. The number of ether oxygens (including phenoxy) is 1. The van der Waals surface area contributed by atoms with Crippen LogP contribution in [0.25, 0.3) is 0 Å². The molecule has 0 bridgehead atoms. The summed E-state index contributed by atoms with van der Waals surface area (Å²) in [5.74, 6) is 0.957. The molecule has 0 aliphatic carbocycles. The van der Waals surface area contributed by atoms with E-state index in [1.54, 1.807) is 42.5 Å². The smallest absolute Gasteiger partial charge is 0.145 e. The monoisotopic (exact) mass is 235 g/mol. The summed E-state index contributed by atoms with van der Waals surface area (Å²) < 4.78 is 5.57. The Morgan fingerprint density at radius 2 is 1.67 bits per heavy atom. The highest BCUT2D eigenvalue weighted by molar-refractivity contribution is 5.58. The van der Waals surface area contributed by atoms with Crippen LogP contribution < -0.4 is 10.5 Å². The standard InChI is InChI=1S/C14H9N3O/c15-8-10-5-6-12(7-13(10)17)18-14-4-2-1-3-11(14)9-16/h1-7H,17H2. The molecule has 0 aliphatic heterocycles. The number of hydrogen-bond donors (Lipinski definition) is 1. The van der Waals surface area contributed by atoms with Crippen LogP contribution >= 0.6 is 0 Å². The summed E-state index contributed by atoms with van der Waals surface area (Å²) in [4.78, 5) is 0. The van der Waals surface area contributed by atoms with Crippen molar-refractivity contribution in [2.75, 3.05) is 5.73 Å². The average Bonchev–Trinajstić information content (AvgIpc) is 2.39. The number of rotatable bonds is 2.